The quantitative estimate of drug-likeness (QED) is 0.484. The van der Waals surface area contributed by atoms with Crippen molar-refractivity contribution >= 4 is 21.6 Å². The van der Waals surface area contributed by atoms with Crippen molar-refractivity contribution in [2.45, 2.75) is 69.5 Å². The number of aryl methyl sites for hydroxylation is 1. The van der Waals surface area contributed by atoms with E-state index in [1.165, 1.54) is 44.6 Å². The van der Waals surface area contributed by atoms with Crippen LogP contribution in [0.4, 0.5) is 5.69 Å². The van der Waals surface area contributed by atoms with E-state index in [0.717, 1.165) is 6.54 Å². The molecule has 39 heavy (non-hydrogen) atoms. The summed E-state index contributed by atoms with van der Waals surface area (Å²) in [5.41, 5.74) is 0.932. The molecular formula is C28H43N5O5S. The van der Waals surface area contributed by atoms with Crippen molar-refractivity contribution < 1.29 is 23.1 Å². The third kappa shape index (κ3) is 7.52. The molecule has 2 heterocycles. The van der Waals surface area contributed by atoms with Crippen LogP contribution in [-0.4, -0.2) is 84.2 Å². The zero-order chi connectivity index (χ0) is 28.2. The van der Waals surface area contributed by atoms with Gasteiger partial charge in [0.1, 0.15) is 11.9 Å². The lowest BCUT2D eigenvalue weighted by molar-refractivity contribution is -0.134. The Balaban J connectivity index is 1.60. The van der Waals surface area contributed by atoms with Crippen molar-refractivity contribution in [2.24, 2.45) is 18.9 Å². The molecule has 1 aliphatic heterocycles. The number of aliphatic hydroxyl groups excluding tert-OH is 1. The molecule has 0 spiro atoms. The van der Waals surface area contributed by atoms with Gasteiger partial charge in [0.25, 0.3) is 10.0 Å². The number of hydrogen-bond acceptors (Lipinski definition) is 7. The zero-order valence-electron chi connectivity index (χ0n) is 23.5. The van der Waals surface area contributed by atoms with Gasteiger partial charge in [0.2, 0.25) is 5.91 Å². The molecule has 1 saturated carbocycles. The van der Waals surface area contributed by atoms with E-state index in [9.17, 15) is 18.3 Å². The van der Waals surface area contributed by atoms with E-state index >= 15 is 0 Å². The highest BCUT2D eigenvalue weighted by Gasteiger charge is 2.32. The van der Waals surface area contributed by atoms with E-state index in [4.69, 9.17) is 4.74 Å². The van der Waals surface area contributed by atoms with Gasteiger partial charge in [-0.2, -0.15) is 8.42 Å². The van der Waals surface area contributed by atoms with Crippen LogP contribution in [0, 0.1) is 11.8 Å². The van der Waals surface area contributed by atoms with Crippen molar-refractivity contribution in [3.63, 3.8) is 0 Å². The van der Waals surface area contributed by atoms with Crippen LogP contribution >= 0.6 is 0 Å². The number of ether oxygens (including phenoxy) is 1. The van der Waals surface area contributed by atoms with Gasteiger partial charge >= 0.3 is 0 Å². The minimum absolute atomic E-state index is 0.0186. The van der Waals surface area contributed by atoms with Gasteiger partial charge in [-0.25, -0.2) is 4.98 Å². The van der Waals surface area contributed by atoms with Gasteiger partial charge in [-0.15, -0.1) is 0 Å². The van der Waals surface area contributed by atoms with Crippen molar-refractivity contribution in [1.29, 1.82) is 0 Å². The number of nitrogens with zero attached hydrogens (tertiary/aromatic N) is 4. The first-order valence-electron chi connectivity index (χ1n) is 13.9. The molecule has 2 N–H and O–H groups in total. The predicted molar refractivity (Wildman–Crippen MR) is 150 cm³/mol. The maximum atomic E-state index is 13.4. The summed E-state index contributed by atoms with van der Waals surface area (Å²) in [5, 5.41) is 9.79. The molecular weight excluding hydrogens is 518 g/mol. The van der Waals surface area contributed by atoms with Crippen LogP contribution in [0.5, 0.6) is 5.75 Å². The molecule has 1 fully saturated rings. The maximum Gasteiger partial charge on any atom is 0.280 e. The Kier molecular flexibility index (Phi) is 9.56. The third-order valence-electron chi connectivity index (χ3n) is 7.91. The van der Waals surface area contributed by atoms with Crippen LogP contribution in [0.1, 0.15) is 51.5 Å². The summed E-state index contributed by atoms with van der Waals surface area (Å²) in [7, 11) is -0.0589. The fourth-order valence-electron chi connectivity index (χ4n) is 5.64. The summed E-state index contributed by atoms with van der Waals surface area (Å²) in [5.74, 6) is 1.16. The number of sulfonamides is 1. The van der Waals surface area contributed by atoms with E-state index in [2.05, 4.69) is 28.6 Å². The molecule has 1 aromatic heterocycles. The van der Waals surface area contributed by atoms with Crippen LogP contribution in [0.2, 0.25) is 0 Å². The number of likely N-dealkylation sites (N-methyl/N-ethyl adjacent to an activating group) is 1. The summed E-state index contributed by atoms with van der Waals surface area (Å²) >= 11 is 0. The molecule has 4 rings (SSSR count). The molecule has 1 aliphatic carbocycles. The van der Waals surface area contributed by atoms with E-state index in [1.807, 2.05) is 6.92 Å². The highest BCUT2D eigenvalue weighted by molar-refractivity contribution is 7.92. The summed E-state index contributed by atoms with van der Waals surface area (Å²) in [6, 6.07) is 4.72. The summed E-state index contributed by atoms with van der Waals surface area (Å²) < 4.78 is 36.5. The van der Waals surface area contributed by atoms with Gasteiger partial charge in [0.05, 0.1) is 25.4 Å². The highest BCUT2D eigenvalue weighted by atomic mass is 32.2. The van der Waals surface area contributed by atoms with Gasteiger partial charge in [-0.1, -0.05) is 26.2 Å². The standard InChI is InChI=1S/C28H43N5O5S/c1-20-14-33(21(2)18-34)28(35)13-23-12-24(30-39(36,37)27-17-32(4)19-29-27)10-11-25(23)38-26(20)16-31(3)15-22-8-6-5-7-9-22/h10-12,17,19-22,26,30,34H,5-9,13-16,18H2,1-4H3/t20-,21-,26-/m1/s1. The Bertz CT molecular complexity index is 1230. The van der Waals surface area contributed by atoms with Gasteiger partial charge in [-0.05, 0) is 50.9 Å². The largest absolute Gasteiger partial charge is 0.488 e. The lowest BCUT2D eigenvalue weighted by atomic mass is 9.89. The lowest BCUT2D eigenvalue weighted by Gasteiger charge is -2.35. The van der Waals surface area contributed by atoms with Crippen LogP contribution in [0.3, 0.4) is 0 Å². The van der Waals surface area contributed by atoms with Crippen LogP contribution in [0.15, 0.2) is 35.7 Å². The van der Waals surface area contributed by atoms with Gasteiger partial charge in [-0.3, -0.25) is 9.52 Å². The normalized spacial score (nSPS) is 22.0. The van der Waals surface area contributed by atoms with E-state index in [1.54, 1.807) is 34.7 Å². The average Bonchev–Trinajstić information content (AvgIpc) is 3.36. The molecule has 10 nitrogen and oxygen atoms in total. The zero-order valence-corrected chi connectivity index (χ0v) is 24.4. The molecule has 0 saturated heterocycles. The smallest absolute Gasteiger partial charge is 0.280 e. The SMILES string of the molecule is C[C@@H]1CN([C@H](C)CO)C(=O)Cc2cc(NS(=O)(=O)c3cn(C)cn3)ccc2O[C@@H]1CN(C)CC1CCCCC1. The van der Waals surface area contributed by atoms with Crippen molar-refractivity contribution in [1.82, 2.24) is 19.4 Å². The number of carbonyl (C=O) groups is 1. The molecule has 0 bridgehead atoms. The molecule has 3 atom stereocenters. The highest BCUT2D eigenvalue weighted by Crippen LogP contribution is 2.30. The summed E-state index contributed by atoms with van der Waals surface area (Å²) in [4.78, 5) is 21.4. The minimum atomic E-state index is -3.89. The first-order valence-corrected chi connectivity index (χ1v) is 15.4. The first kappa shape index (κ1) is 29.4. The molecule has 2 aliphatic rings. The topological polar surface area (TPSA) is 117 Å². The Hall–Kier alpha value is -2.63. The second kappa shape index (κ2) is 12.7. The third-order valence-corrected chi connectivity index (χ3v) is 9.18. The number of aliphatic hydroxyl groups is 1. The fourth-order valence-corrected chi connectivity index (χ4v) is 6.67. The fraction of sp³-hybridized carbons (Fsp3) is 0.643. The number of amides is 1. The number of nitrogens with one attached hydrogen (secondary N) is 1. The lowest BCUT2D eigenvalue weighted by Crippen LogP contribution is -2.48. The van der Waals surface area contributed by atoms with Crippen molar-refractivity contribution in [3.8, 4) is 5.75 Å². The van der Waals surface area contributed by atoms with E-state index < -0.39 is 10.0 Å². The average molecular weight is 562 g/mol. The van der Waals surface area contributed by atoms with Gasteiger partial charge in [0, 0.05) is 50.0 Å². The molecule has 0 radical (unpaired) electrons. The van der Waals surface area contributed by atoms with Gasteiger partial charge in [0.15, 0.2) is 5.03 Å². The number of fused-ring (bicyclic) bond motifs is 1. The second-order valence-electron chi connectivity index (χ2n) is 11.4. The first-order chi connectivity index (χ1) is 18.6. The molecule has 0 unspecified atom stereocenters. The molecule has 1 aromatic carbocycles. The predicted octanol–water partition coefficient (Wildman–Crippen LogP) is 2.88. The Morgan fingerprint density at radius 3 is 2.64 bits per heavy atom. The number of aromatic nitrogens is 2. The van der Waals surface area contributed by atoms with Crippen molar-refractivity contribution in [2.75, 3.05) is 38.0 Å². The number of carbonyl (C=O) groups excluding carboxylic acids is 1. The van der Waals surface area contributed by atoms with E-state index in [0.29, 0.717) is 36.0 Å². The van der Waals surface area contributed by atoms with Gasteiger partial charge < -0.3 is 24.2 Å². The summed E-state index contributed by atoms with van der Waals surface area (Å²) in [6.45, 7) is 5.98. The number of imidazole rings is 1. The summed E-state index contributed by atoms with van der Waals surface area (Å²) in [6.07, 6.45) is 9.15. The Morgan fingerprint density at radius 2 is 1.97 bits per heavy atom. The maximum absolute atomic E-state index is 13.4. The number of benzene rings is 1. The second-order valence-corrected chi connectivity index (χ2v) is 13.0. The van der Waals surface area contributed by atoms with Crippen LogP contribution in [0.25, 0.3) is 0 Å². The van der Waals surface area contributed by atoms with Crippen LogP contribution in [-0.2, 0) is 28.3 Å². The van der Waals surface area contributed by atoms with Crippen LogP contribution < -0.4 is 9.46 Å². The molecule has 1 amide bonds. The van der Waals surface area contributed by atoms with E-state index in [-0.39, 0.29) is 42.0 Å². The molecule has 11 heteroatoms. The number of rotatable bonds is 9. The Labute approximate surface area is 232 Å². The van der Waals surface area contributed by atoms with Crippen molar-refractivity contribution in [3.05, 3.63) is 36.3 Å². The number of anilines is 1. The monoisotopic (exact) mass is 561 g/mol. The molecule has 216 valence electrons. The minimum Gasteiger partial charge on any atom is -0.488 e. The Morgan fingerprint density at radius 1 is 1.23 bits per heavy atom. The molecule has 2 aromatic rings. The number of hydrogen-bond donors (Lipinski definition) is 2.